The zero-order chi connectivity index (χ0) is 15.2. The zero-order valence-electron chi connectivity index (χ0n) is 13.1. The lowest BCUT2D eigenvalue weighted by Gasteiger charge is -2.18. The average Bonchev–Trinajstić information content (AvgIpc) is 3.34. The van der Waals surface area contributed by atoms with Gasteiger partial charge in [-0.05, 0) is 30.9 Å². The minimum atomic E-state index is 0.478. The first-order valence-corrected chi connectivity index (χ1v) is 8.39. The molecule has 4 nitrogen and oxygen atoms in total. The van der Waals surface area contributed by atoms with Crippen molar-refractivity contribution in [1.29, 1.82) is 0 Å². The fourth-order valence-electron chi connectivity index (χ4n) is 2.03. The molecule has 1 aliphatic carbocycles. The minimum absolute atomic E-state index is 0.478. The van der Waals surface area contributed by atoms with Gasteiger partial charge in [-0.3, -0.25) is 4.99 Å². The molecule has 0 saturated heterocycles. The molecule has 0 aliphatic heterocycles. The monoisotopic (exact) mass is 307 g/mol. The fourth-order valence-corrected chi connectivity index (χ4v) is 3.07. The predicted molar refractivity (Wildman–Crippen MR) is 90.2 cm³/mol. The van der Waals surface area contributed by atoms with Crippen molar-refractivity contribution in [2.24, 2.45) is 16.6 Å². The van der Waals surface area contributed by atoms with Crippen molar-refractivity contribution < 1.29 is 4.74 Å². The molecule has 1 aromatic rings. The normalized spacial score (nSPS) is 16.6. The second kappa shape index (κ2) is 7.59. The van der Waals surface area contributed by atoms with Crippen molar-refractivity contribution in [1.82, 2.24) is 4.90 Å². The number of thioether (sulfide) groups is 1. The number of benzene rings is 1. The topological polar surface area (TPSA) is 50.9 Å². The number of hydrogen-bond donors (Lipinski definition) is 1. The third-order valence-corrected chi connectivity index (χ3v) is 5.00. The van der Waals surface area contributed by atoms with E-state index in [9.17, 15) is 0 Å². The molecule has 0 amide bonds. The molecule has 21 heavy (non-hydrogen) atoms. The Balaban J connectivity index is 1.79. The van der Waals surface area contributed by atoms with Crippen LogP contribution < -0.4 is 10.5 Å². The first kappa shape index (κ1) is 16.0. The first-order chi connectivity index (χ1) is 10.1. The van der Waals surface area contributed by atoms with Crippen LogP contribution >= 0.6 is 11.8 Å². The van der Waals surface area contributed by atoms with E-state index in [1.165, 1.54) is 17.7 Å². The second-order valence-electron chi connectivity index (χ2n) is 5.61. The van der Waals surface area contributed by atoms with E-state index in [0.717, 1.165) is 18.0 Å². The average molecular weight is 307 g/mol. The molecule has 1 atom stereocenters. The van der Waals surface area contributed by atoms with E-state index in [2.05, 4.69) is 22.9 Å². The van der Waals surface area contributed by atoms with Crippen LogP contribution in [0.25, 0.3) is 0 Å². The first-order valence-electron chi connectivity index (χ1n) is 7.40. The summed E-state index contributed by atoms with van der Waals surface area (Å²) in [5, 5.41) is 0. The maximum Gasteiger partial charge on any atom is 0.191 e. The molecule has 0 bridgehead atoms. The molecule has 0 radical (unpaired) electrons. The van der Waals surface area contributed by atoms with Crippen molar-refractivity contribution in [2.75, 3.05) is 26.5 Å². The lowest BCUT2D eigenvalue weighted by Crippen LogP contribution is -2.36. The Bertz CT molecular complexity index is 488. The number of methoxy groups -OCH3 is 1. The molecule has 1 aromatic carbocycles. The van der Waals surface area contributed by atoms with E-state index in [1.54, 1.807) is 7.11 Å². The zero-order valence-corrected chi connectivity index (χ0v) is 13.9. The van der Waals surface area contributed by atoms with Crippen LogP contribution in [0.1, 0.15) is 19.8 Å². The van der Waals surface area contributed by atoms with Gasteiger partial charge in [0.25, 0.3) is 0 Å². The molecule has 0 spiro atoms. The van der Waals surface area contributed by atoms with Gasteiger partial charge in [-0.1, -0.05) is 19.1 Å². The minimum Gasteiger partial charge on any atom is -0.496 e. The Morgan fingerprint density at radius 1 is 1.48 bits per heavy atom. The fraction of sp³-hybridized carbons (Fsp3) is 0.562. The highest BCUT2D eigenvalue weighted by molar-refractivity contribution is 7.99. The van der Waals surface area contributed by atoms with Gasteiger partial charge in [0.2, 0.25) is 0 Å². The highest BCUT2D eigenvalue weighted by atomic mass is 32.2. The summed E-state index contributed by atoms with van der Waals surface area (Å²) in [5.41, 5.74) is 6.01. The molecule has 2 rings (SSSR count). The van der Waals surface area contributed by atoms with Crippen LogP contribution in [-0.2, 0) is 0 Å². The molecule has 0 aromatic heterocycles. The molecule has 5 heteroatoms. The second-order valence-corrected chi connectivity index (χ2v) is 6.67. The molecule has 2 N–H and O–H groups in total. The molecule has 116 valence electrons. The van der Waals surface area contributed by atoms with Gasteiger partial charge in [0.15, 0.2) is 5.96 Å². The highest BCUT2D eigenvalue weighted by Crippen LogP contribution is 2.30. The molecular formula is C16H25N3OS. The number of hydrogen-bond acceptors (Lipinski definition) is 3. The summed E-state index contributed by atoms with van der Waals surface area (Å²) in [6.07, 6.45) is 2.48. The van der Waals surface area contributed by atoms with Crippen LogP contribution in [0.3, 0.4) is 0 Å². The van der Waals surface area contributed by atoms with Gasteiger partial charge in [0.05, 0.1) is 7.11 Å². The maximum atomic E-state index is 6.01. The van der Waals surface area contributed by atoms with Gasteiger partial charge < -0.3 is 15.4 Å². The van der Waals surface area contributed by atoms with E-state index < -0.39 is 0 Å². The lowest BCUT2D eigenvalue weighted by atomic mass is 10.2. The van der Waals surface area contributed by atoms with Crippen LogP contribution in [0.5, 0.6) is 5.75 Å². The highest BCUT2D eigenvalue weighted by Gasteiger charge is 2.27. The molecule has 1 saturated carbocycles. The number of guanidine groups is 1. The van der Waals surface area contributed by atoms with Crippen molar-refractivity contribution >= 4 is 17.7 Å². The summed E-state index contributed by atoms with van der Waals surface area (Å²) in [4.78, 5) is 7.79. The number of aliphatic imine (C=N–C) groups is 1. The van der Waals surface area contributed by atoms with E-state index in [1.807, 2.05) is 37.0 Å². The summed E-state index contributed by atoms with van der Waals surface area (Å²) < 4.78 is 5.37. The van der Waals surface area contributed by atoms with Gasteiger partial charge in [-0.15, -0.1) is 11.8 Å². The Kier molecular flexibility index (Phi) is 5.79. The number of ether oxygens (including phenoxy) is 1. The summed E-state index contributed by atoms with van der Waals surface area (Å²) in [6, 6.07) is 8.73. The van der Waals surface area contributed by atoms with Crippen LogP contribution in [0.4, 0.5) is 0 Å². The van der Waals surface area contributed by atoms with Crippen molar-refractivity contribution in [3.05, 3.63) is 24.3 Å². The molecular weight excluding hydrogens is 282 g/mol. The van der Waals surface area contributed by atoms with Gasteiger partial charge in [-0.2, -0.15) is 0 Å². The van der Waals surface area contributed by atoms with Crippen LogP contribution in [0.15, 0.2) is 34.2 Å². The quantitative estimate of drug-likeness (QED) is 0.478. The number of rotatable bonds is 7. The van der Waals surface area contributed by atoms with Crippen LogP contribution in [0.2, 0.25) is 0 Å². The van der Waals surface area contributed by atoms with Gasteiger partial charge in [0, 0.05) is 30.3 Å². The van der Waals surface area contributed by atoms with Crippen molar-refractivity contribution in [3.63, 3.8) is 0 Å². The Labute approximate surface area is 131 Å². The maximum absolute atomic E-state index is 6.01. The van der Waals surface area contributed by atoms with E-state index >= 15 is 0 Å². The van der Waals surface area contributed by atoms with E-state index in [-0.39, 0.29) is 0 Å². The SMILES string of the molecule is COc1ccccc1SCC(C)CN=C(N)N(C)C1CC1. The third-order valence-electron chi connectivity index (χ3n) is 3.61. The Hall–Kier alpha value is -1.36. The number of nitrogens with zero attached hydrogens (tertiary/aromatic N) is 2. The molecule has 0 heterocycles. The molecule has 1 fully saturated rings. The smallest absolute Gasteiger partial charge is 0.191 e. The van der Waals surface area contributed by atoms with Crippen molar-refractivity contribution in [2.45, 2.75) is 30.7 Å². The third kappa shape index (κ3) is 4.84. The summed E-state index contributed by atoms with van der Waals surface area (Å²) in [6.45, 7) is 2.97. The van der Waals surface area contributed by atoms with Gasteiger partial charge >= 0.3 is 0 Å². The number of nitrogens with two attached hydrogens (primary N) is 1. The summed E-state index contributed by atoms with van der Waals surface area (Å²) in [7, 11) is 3.74. The van der Waals surface area contributed by atoms with Crippen LogP contribution in [0, 0.1) is 5.92 Å². The molecule has 1 unspecified atom stereocenters. The van der Waals surface area contributed by atoms with E-state index in [0.29, 0.717) is 17.9 Å². The van der Waals surface area contributed by atoms with Crippen molar-refractivity contribution in [3.8, 4) is 5.75 Å². The summed E-state index contributed by atoms with van der Waals surface area (Å²) in [5.74, 6) is 3.09. The lowest BCUT2D eigenvalue weighted by molar-refractivity contribution is 0.405. The molecule has 1 aliphatic rings. The number of para-hydroxylation sites is 1. The predicted octanol–water partition coefficient (Wildman–Crippen LogP) is 2.83. The Morgan fingerprint density at radius 2 is 2.19 bits per heavy atom. The van der Waals surface area contributed by atoms with Gasteiger partial charge in [-0.25, -0.2) is 0 Å². The Morgan fingerprint density at radius 3 is 2.86 bits per heavy atom. The van der Waals surface area contributed by atoms with E-state index in [4.69, 9.17) is 10.5 Å². The summed E-state index contributed by atoms with van der Waals surface area (Å²) >= 11 is 1.81. The standard InChI is InChI=1S/C16H25N3OS/c1-12(10-18-16(17)19(2)13-8-9-13)11-21-15-7-5-4-6-14(15)20-3/h4-7,12-13H,8-11H2,1-3H3,(H2,17,18). The largest absolute Gasteiger partial charge is 0.496 e. The van der Waals surface area contributed by atoms with Crippen LogP contribution in [-0.4, -0.2) is 43.4 Å². The van der Waals surface area contributed by atoms with Gasteiger partial charge in [0.1, 0.15) is 5.75 Å².